The van der Waals surface area contributed by atoms with Gasteiger partial charge in [-0.1, -0.05) is 6.92 Å². The zero-order chi connectivity index (χ0) is 11.9. The molecule has 0 aromatic rings. The molecular weight excluding hydrogens is 208 g/mol. The lowest BCUT2D eigenvalue weighted by molar-refractivity contribution is 0.0334. The Morgan fingerprint density at radius 3 is 2.18 bits per heavy atom. The Morgan fingerprint density at radius 1 is 1.06 bits per heavy atom. The fraction of sp³-hybridized carbons (Fsp3) is 1.00. The standard InChI is InChI=1S/C15H28N2/c1-12-6-8-15(11-16,9-7-12)17(14-4-5-14)10-13-2-3-13/h12-14H,2-11,16H2,1H3. The molecule has 0 heterocycles. The molecule has 0 spiro atoms. The Kier molecular flexibility index (Phi) is 3.20. The van der Waals surface area contributed by atoms with Gasteiger partial charge in [0.25, 0.3) is 0 Å². The second-order valence-corrected chi connectivity index (χ2v) is 6.94. The molecule has 0 saturated heterocycles. The number of hydrogen-bond donors (Lipinski definition) is 1. The summed E-state index contributed by atoms with van der Waals surface area (Å²) >= 11 is 0. The molecule has 0 aromatic heterocycles. The molecule has 0 radical (unpaired) electrons. The average molecular weight is 236 g/mol. The maximum Gasteiger partial charge on any atom is 0.0334 e. The van der Waals surface area contributed by atoms with Crippen LogP contribution < -0.4 is 5.73 Å². The van der Waals surface area contributed by atoms with Gasteiger partial charge in [0.05, 0.1) is 0 Å². The third kappa shape index (κ3) is 2.53. The fourth-order valence-electron chi connectivity index (χ4n) is 3.60. The van der Waals surface area contributed by atoms with Crippen molar-refractivity contribution in [2.75, 3.05) is 13.1 Å². The highest BCUT2D eigenvalue weighted by Gasteiger charge is 2.46. The quantitative estimate of drug-likeness (QED) is 0.795. The Balaban J connectivity index is 1.71. The summed E-state index contributed by atoms with van der Waals surface area (Å²) in [6.45, 7) is 4.65. The van der Waals surface area contributed by atoms with Crippen LogP contribution in [-0.4, -0.2) is 29.6 Å². The molecule has 3 rings (SSSR count). The Hall–Kier alpha value is -0.0800. The van der Waals surface area contributed by atoms with Crippen LogP contribution in [-0.2, 0) is 0 Å². The molecule has 2 nitrogen and oxygen atoms in total. The van der Waals surface area contributed by atoms with E-state index in [1.165, 1.54) is 57.9 Å². The largest absolute Gasteiger partial charge is 0.329 e. The maximum absolute atomic E-state index is 6.20. The minimum Gasteiger partial charge on any atom is -0.329 e. The van der Waals surface area contributed by atoms with Crippen molar-refractivity contribution in [3.05, 3.63) is 0 Å². The van der Waals surface area contributed by atoms with Crippen LogP contribution in [0.5, 0.6) is 0 Å². The molecule has 3 fully saturated rings. The van der Waals surface area contributed by atoms with Crippen molar-refractivity contribution in [3.63, 3.8) is 0 Å². The van der Waals surface area contributed by atoms with E-state index >= 15 is 0 Å². The molecule has 0 bridgehead atoms. The summed E-state index contributed by atoms with van der Waals surface area (Å²) in [7, 11) is 0. The van der Waals surface area contributed by atoms with Gasteiger partial charge in [-0.05, 0) is 63.2 Å². The third-order valence-corrected chi connectivity index (χ3v) is 5.33. The Bertz CT molecular complexity index is 260. The van der Waals surface area contributed by atoms with Crippen LogP contribution >= 0.6 is 0 Å². The topological polar surface area (TPSA) is 29.3 Å². The van der Waals surface area contributed by atoms with Gasteiger partial charge in [0.1, 0.15) is 0 Å². The molecule has 3 aliphatic carbocycles. The lowest BCUT2D eigenvalue weighted by Crippen LogP contribution is -2.57. The molecule has 2 N–H and O–H groups in total. The minimum absolute atomic E-state index is 0.385. The summed E-state index contributed by atoms with van der Waals surface area (Å²) < 4.78 is 0. The van der Waals surface area contributed by atoms with Crippen LogP contribution in [0.2, 0.25) is 0 Å². The summed E-state index contributed by atoms with van der Waals surface area (Å²) in [5.41, 5.74) is 6.59. The number of rotatable bonds is 5. The zero-order valence-corrected chi connectivity index (χ0v) is 11.3. The number of nitrogens with two attached hydrogens (primary N) is 1. The van der Waals surface area contributed by atoms with E-state index in [0.29, 0.717) is 5.54 Å². The molecule has 0 atom stereocenters. The van der Waals surface area contributed by atoms with Crippen molar-refractivity contribution < 1.29 is 0 Å². The van der Waals surface area contributed by atoms with Gasteiger partial charge in [-0.15, -0.1) is 0 Å². The van der Waals surface area contributed by atoms with E-state index in [9.17, 15) is 0 Å². The Labute approximate surface area is 106 Å². The summed E-state index contributed by atoms with van der Waals surface area (Å²) in [5.74, 6) is 1.94. The SMILES string of the molecule is CC1CCC(CN)(N(CC2CC2)C2CC2)CC1. The summed E-state index contributed by atoms with van der Waals surface area (Å²) in [6.07, 6.45) is 11.3. The molecule has 3 aliphatic rings. The fourth-order valence-corrected chi connectivity index (χ4v) is 3.60. The van der Waals surface area contributed by atoms with Crippen LogP contribution in [0.25, 0.3) is 0 Å². The van der Waals surface area contributed by atoms with E-state index < -0.39 is 0 Å². The van der Waals surface area contributed by atoms with Crippen LogP contribution in [0.4, 0.5) is 0 Å². The van der Waals surface area contributed by atoms with E-state index in [1.807, 2.05) is 0 Å². The smallest absolute Gasteiger partial charge is 0.0334 e. The monoisotopic (exact) mass is 236 g/mol. The predicted octanol–water partition coefficient (Wildman–Crippen LogP) is 2.77. The maximum atomic E-state index is 6.20. The first kappa shape index (κ1) is 12.0. The first-order valence-electron chi connectivity index (χ1n) is 7.70. The second kappa shape index (κ2) is 4.55. The van der Waals surface area contributed by atoms with Gasteiger partial charge < -0.3 is 5.73 Å². The lowest BCUT2D eigenvalue weighted by atomic mass is 9.75. The van der Waals surface area contributed by atoms with E-state index in [0.717, 1.165) is 24.4 Å². The van der Waals surface area contributed by atoms with Crippen LogP contribution in [0.1, 0.15) is 58.3 Å². The van der Waals surface area contributed by atoms with Gasteiger partial charge in [0.2, 0.25) is 0 Å². The summed E-state index contributed by atoms with van der Waals surface area (Å²) in [5, 5.41) is 0. The van der Waals surface area contributed by atoms with Crippen LogP contribution in [0.3, 0.4) is 0 Å². The highest BCUT2D eigenvalue weighted by molar-refractivity contribution is 5.02. The first-order valence-corrected chi connectivity index (χ1v) is 7.70. The highest BCUT2D eigenvalue weighted by Crippen LogP contribution is 2.44. The third-order valence-electron chi connectivity index (χ3n) is 5.33. The second-order valence-electron chi connectivity index (χ2n) is 6.94. The van der Waals surface area contributed by atoms with Crippen molar-refractivity contribution in [1.82, 2.24) is 4.90 Å². The van der Waals surface area contributed by atoms with Gasteiger partial charge in [0.15, 0.2) is 0 Å². The molecule has 0 unspecified atom stereocenters. The van der Waals surface area contributed by atoms with Gasteiger partial charge in [-0.25, -0.2) is 0 Å². The van der Waals surface area contributed by atoms with Crippen molar-refractivity contribution in [2.24, 2.45) is 17.6 Å². The van der Waals surface area contributed by atoms with Crippen molar-refractivity contribution >= 4 is 0 Å². The minimum atomic E-state index is 0.385. The van der Waals surface area contributed by atoms with Crippen LogP contribution in [0, 0.1) is 11.8 Å². The molecule has 0 amide bonds. The molecule has 2 heteroatoms. The Morgan fingerprint density at radius 2 is 1.71 bits per heavy atom. The predicted molar refractivity (Wildman–Crippen MR) is 71.9 cm³/mol. The van der Waals surface area contributed by atoms with Gasteiger partial charge in [0, 0.05) is 24.7 Å². The molecule has 98 valence electrons. The van der Waals surface area contributed by atoms with Crippen molar-refractivity contribution in [3.8, 4) is 0 Å². The summed E-state index contributed by atoms with van der Waals surface area (Å²) in [4.78, 5) is 2.86. The van der Waals surface area contributed by atoms with Gasteiger partial charge >= 0.3 is 0 Å². The van der Waals surface area contributed by atoms with Gasteiger partial charge in [-0.3, -0.25) is 4.90 Å². The normalized spacial score (nSPS) is 38.6. The molecule has 0 aromatic carbocycles. The van der Waals surface area contributed by atoms with Crippen LogP contribution in [0.15, 0.2) is 0 Å². The summed E-state index contributed by atoms with van der Waals surface area (Å²) in [6, 6.07) is 0.896. The van der Waals surface area contributed by atoms with Crippen molar-refractivity contribution in [1.29, 1.82) is 0 Å². The molecule has 17 heavy (non-hydrogen) atoms. The molecule has 0 aliphatic heterocycles. The molecular formula is C15H28N2. The highest BCUT2D eigenvalue weighted by atomic mass is 15.3. The van der Waals surface area contributed by atoms with Crippen molar-refractivity contribution in [2.45, 2.75) is 69.9 Å². The number of nitrogens with zero attached hydrogens (tertiary/aromatic N) is 1. The number of hydrogen-bond acceptors (Lipinski definition) is 2. The lowest BCUT2D eigenvalue weighted by Gasteiger charge is -2.48. The average Bonchev–Trinajstić information content (AvgIpc) is 3.21. The molecule has 3 saturated carbocycles. The van der Waals surface area contributed by atoms with E-state index in [4.69, 9.17) is 5.73 Å². The van der Waals surface area contributed by atoms with Gasteiger partial charge in [-0.2, -0.15) is 0 Å². The first-order chi connectivity index (χ1) is 8.23. The van der Waals surface area contributed by atoms with E-state index in [1.54, 1.807) is 0 Å². The van der Waals surface area contributed by atoms with E-state index in [-0.39, 0.29) is 0 Å². The van der Waals surface area contributed by atoms with E-state index in [2.05, 4.69) is 11.8 Å². The zero-order valence-electron chi connectivity index (χ0n) is 11.3.